The van der Waals surface area contributed by atoms with Gasteiger partial charge in [-0.05, 0) is 26.1 Å². The molecule has 0 saturated carbocycles. The lowest BCUT2D eigenvalue weighted by Gasteiger charge is -2.04. The molecule has 0 nitrogen and oxygen atoms in total. The second kappa shape index (κ2) is 7.77. The smallest absolute Gasteiger partial charge is 0.0664 e. The summed E-state index contributed by atoms with van der Waals surface area (Å²) in [4.78, 5) is 0. The van der Waals surface area contributed by atoms with E-state index in [1.807, 2.05) is 41.2 Å². The Hall–Kier alpha value is 1.40. The van der Waals surface area contributed by atoms with Gasteiger partial charge < -0.3 is 0 Å². The predicted molar refractivity (Wildman–Crippen MR) is 67.5 cm³/mol. The van der Waals surface area contributed by atoms with Crippen LogP contribution >= 0.6 is 41.2 Å². The maximum atomic E-state index is 2.27. The molecule has 0 aromatic rings. The Morgan fingerprint density at radius 1 is 0.917 bits per heavy atom. The van der Waals surface area contributed by atoms with Crippen LogP contribution in [-0.2, 0) is 0 Å². The molecule has 1 rings (SSSR count). The van der Waals surface area contributed by atoms with Crippen molar-refractivity contribution in [1.82, 2.24) is 0 Å². The van der Waals surface area contributed by atoms with Crippen molar-refractivity contribution in [1.29, 1.82) is 0 Å². The number of hydrogen-bond donors (Lipinski definition) is 0. The van der Waals surface area contributed by atoms with Crippen molar-refractivity contribution >= 4 is 41.2 Å². The Morgan fingerprint density at radius 2 is 1.58 bits per heavy atom. The molecule has 0 amide bonds. The van der Waals surface area contributed by atoms with Gasteiger partial charge in [0.2, 0.25) is 0 Å². The average molecular weight is 240 g/mol. The molecule has 12 heavy (non-hydrogen) atoms. The van der Waals surface area contributed by atoms with Crippen molar-refractivity contribution in [2.45, 2.75) is 50.0 Å². The van der Waals surface area contributed by atoms with Gasteiger partial charge in [0.25, 0.3) is 0 Å². The van der Waals surface area contributed by atoms with Crippen molar-refractivity contribution in [2.75, 3.05) is 0 Å². The summed E-state index contributed by atoms with van der Waals surface area (Å²) in [6.07, 6.45) is 8.53. The van der Waals surface area contributed by atoms with E-state index in [2.05, 4.69) is 6.92 Å². The maximum Gasteiger partial charge on any atom is 0.0726 e. The van der Waals surface area contributed by atoms with Crippen molar-refractivity contribution in [3.8, 4) is 0 Å². The molecule has 0 aromatic carbocycles. The summed E-state index contributed by atoms with van der Waals surface area (Å²) < 4.78 is 0.877. The molecule has 1 aliphatic heterocycles. The highest BCUT2D eigenvalue weighted by Crippen LogP contribution is 2.59. The zero-order valence-corrected chi connectivity index (χ0v) is 10.7. The molecular formula is C8H16S4. The van der Waals surface area contributed by atoms with Gasteiger partial charge in [-0.25, -0.2) is 0 Å². The van der Waals surface area contributed by atoms with Gasteiger partial charge >= 0.3 is 0 Å². The van der Waals surface area contributed by atoms with Crippen LogP contribution in [0.4, 0.5) is 0 Å². The lowest BCUT2D eigenvalue weighted by Crippen LogP contribution is -1.89. The highest BCUT2D eigenvalue weighted by molar-refractivity contribution is 9.31. The first-order valence-electron chi connectivity index (χ1n) is 4.59. The van der Waals surface area contributed by atoms with Gasteiger partial charge in [-0.1, -0.05) is 60.6 Å². The fraction of sp³-hybridized carbons (Fsp3) is 1.00. The van der Waals surface area contributed by atoms with Gasteiger partial charge in [0.15, 0.2) is 0 Å². The molecule has 1 aliphatic rings. The van der Waals surface area contributed by atoms with Crippen LogP contribution in [0.1, 0.15) is 45.4 Å². The van der Waals surface area contributed by atoms with E-state index in [9.17, 15) is 0 Å². The molecule has 0 spiro atoms. The summed E-state index contributed by atoms with van der Waals surface area (Å²) in [6.45, 7) is 2.27. The van der Waals surface area contributed by atoms with Crippen molar-refractivity contribution in [2.24, 2.45) is 0 Å². The second-order valence-corrected chi connectivity index (χ2v) is 9.48. The summed E-state index contributed by atoms with van der Waals surface area (Å²) in [6, 6.07) is 0. The zero-order valence-electron chi connectivity index (χ0n) is 7.45. The average Bonchev–Trinajstić information content (AvgIpc) is 2.57. The molecular weight excluding hydrogens is 224 g/mol. The first-order chi connectivity index (χ1) is 5.93. The monoisotopic (exact) mass is 240 g/mol. The van der Waals surface area contributed by atoms with Crippen LogP contribution in [0.15, 0.2) is 0 Å². The largest absolute Gasteiger partial charge is 0.0726 e. The van der Waals surface area contributed by atoms with Crippen molar-refractivity contribution in [3.63, 3.8) is 0 Å². The minimum Gasteiger partial charge on any atom is -0.0664 e. The van der Waals surface area contributed by atoms with Crippen molar-refractivity contribution in [3.05, 3.63) is 0 Å². The molecule has 0 bridgehead atoms. The molecule has 1 heterocycles. The van der Waals surface area contributed by atoms with Crippen LogP contribution < -0.4 is 0 Å². The summed E-state index contributed by atoms with van der Waals surface area (Å²) in [5.41, 5.74) is 0. The third-order valence-electron chi connectivity index (χ3n) is 1.86. The van der Waals surface area contributed by atoms with Gasteiger partial charge in [0.05, 0.1) is 4.58 Å². The van der Waals surface area contributed by atoms with Gasteiger partial charge in [-0.3, -0.25) is 0 Å². The van der Waals surface area contributed by atoms with E-state index in [1.165, 1.54) is 38.5 Å². The quantitative estimate of drug-likeness (QED) is 0.452. The minimum atomic E-state index is 0.877. The van der Waals surface area contributed by atoms with Gasteiger partial charge in [0, 0.05) is 0 Å². The van der Waals surface area contributed by atoms with Crippen LogP contribution in [0, 0.1) is 0 Å². The third kappa shape index (κ3) is 5.20. The van der Waals surface area contributed by atoms with Crippen LogP contribution in [-0.4, -0.2) is 4.58 Å². The Bertz CT molecular complexity index is 101. The van der Waals surface area contributed by atoms with Crippen LogP contribution in [0.2, 0.25) is 0 Å². The fourth-order valence-electron chi connectivity index (χ4n) is 1.15. The highest BCUT2D eigenvalue weighted by Gasteiger charge is 2.17. The van der Waals surface area contributed by atoms with Crippen molar-refractivity contribution < 1.29 is 0 Å². The highest BCUT2D eigenvalue weighted by atomic mass is 33.7. The standard InChI is InChI=1S/C8H16S4/c1-2-3-4-5-6-7-8-9-11-12-10-8/h8H,2-7H2,1H3. The van der Waals surface area contributed by atoms with Gasteiger partial charge in [-0.15, -0.1) is 0 Å². The van der Waals surface area contributed by atoms with E-state index in [0.29, 0.717) is 0 Å². The Morgan fingerprint density at radius 3 is 2.25 bits per heavy atom. The Labute approximate surface area is 91.0 Å². The van der Waals surface area contributed by atoms with E-state index in [-0.39, 0.29) is 0 Å². The van der Waals surface area contributed by atoms with E-state index < -0.39 is 0 Å². The van der Waals surface area contributed by atoms with Gasteiger partial charge in [-0.2, -0.15) is 0 Å². The maximum absolute atomic E-state index is 2.27. The molecule has 0 atom stereocenters. The second-order valence-electron chi connectivity index (χ2n) is 2.96. The lowest BCUT2D eigenvalue weighted by molar-refractivity contribution is 0.623. The minimum absolute atomic E-state index is 0.877. The third-order valence-corrected chi connectivity index (χ3v) is 9.73. The molecule has 0 aromatic heterocycles. The summed E-state index contributed by atoms with van der Waals surface area (Å²) in [5.74, 6) is 0. The molecule has 4 heteroatoms. The van der Waals surface area contributed by atoms with E-state index in [1.54, 1.807) is 0 Å². The van der Waals surface area contributed by atoms with E-state index in [0.717, 1.165) is 4.58 Å². The number of unbranched alkanes of at least 4 members (excludes halogenated alkanes) is 4. The predicted octanol–water partition coefficient (Wildman–Crippen LogP) is 5.36. The normalized spacial score (nSPS) is 18.8. The summed E-state index contributed by atoms with van der Waals surface area (Å²) in [5, 5.41) is 0. The molecule has 0 N–H and O–H groups in total. The van der Waals surface area contributed by atoms with Gasteiger partial charge in [0.1, 0.15) is 0 Å². The van der Waals surface area contributed by atoms with Crippen LogP contribution in [0.5, 0.6) is 0 Å². The van der Waals surface area contributed by atoms with E-state index >= 15 is 0 Å². The molecule has 72 valence electrons. The molecule has 1 fully saturated rings. The summed E-state index contributed by atoms with van der Waals surface area (Å²) >= 11 is 0. The molecule has 0 unspecified atom stereocenters. The zero-order chi connectivity index (χ0) is 8.65. The number of rotatable bonds is 6. The van der Waals surface area contributed by atoms with Crippen LogP contribution in [0.25, 0.3) is 0 Å². The topological polar surface area (TPSA) is 0 Å². The molecule has 0 aliphatic carbocycles. The lowest BCUT2D eigenvalue weighted by atomic mass is 10.1. The molecule has 1 saturated heterocycles. The Balaban J connectivity index is 1.81. The first-order valence-corrected chi connectivity index (χ1v) is 9.53. The summed E-state index contributed by atoms with van der Waals surface area (Å²) in [7, 11) is 7.99. The molecule has 0 radical (unpaired) electrons. The van der Waals surface area contributed by atoms with E-state index in [4.69, 9.17) is 0 Å². The number of hydrogen-bond acceptors (Lipinski definition) is 4. The SMILES string of the molecule is CCCCCCCC1SSSS1. The first kappa shape index (κ1) is 11.5. The Kier molecular flexibility index (Phi) is 7.43. The van der Waals surface area contributed by atoms with Crippen LogP contribution in [0.3, 0.4) is 0 Å². The fourth-order valence-corrected chi connectivity index (χ4v) is 10.1.